The SMILES string of the molecule is CC(C)CNCCc1cncs1. The van der Waals surface area contributed by atoms with Crippen molar-refractivity contribution in [2.75, 3.05) is 13.1 Å². The van der Waals surface area contributed by atoms with E-state index in [0.29, 0.717) is 0 Å². The Morgan fingerprint density at radius 3 is 3.00 bits per heavy atom. The molecule has 0 spiro atoms. The monoisotopic (exact) mass is 184 g/mol. The fourth-order valence-electron chi connectivity index (χ4n) is 0.968. The van der Waals surface area contributed by atoms with Crippen molar-refractivity contribution in [2.24, 2.45) is 5.92 Å². The van der Waals surface area contributed by atoms with Crippen LogP contribution in [0.5, 0.6) is 0 Å². The molecule has 2 nitrogen and oxygen atoms in total. The van der Waals surface area contributed by atoms with Crippen LogP contribution in [-0.2, 0) is 6.42 Å². The smallest absolute Gasteiger partial charge is 0.0794 e. The molecule has 3 heteroatoms. The molecule has 0 aliphatic rings. The number of rotatable bonds is 5. The second-order valence-electron chi connectivity index (χ2n) is 3.32. The lowest BCUT2D eigenvalue weighted by Crippen LogP contribution is -2.21. The predicted molar refractivity (Wildman–Crippen MR) is 53.5 cm³/mol. The molecule has 0 saturated heterocycles. The minimum Gasteiger partial charge on any atom is -0.316 e. The van der Waals surface area contributed by atoms with Gasteiger partial charge in [-0.25, -0.2) is 0 Å². The minimum absolute atomic E-state index is 0.742. The number of nitrogens with zero attached hydrogens (tertiary/aromatic N) is 1. The van der Waals surface area contributed by atoms with Crippen LogP contribution in [0, 0.1) is 5.92 Å². The van der Waals surface area contributed by atoms with Crippen LogP contribution in [0.25, 0.3) is 0 Å². The number of aromatic nitrogens is 1. The summed E-state index contributed by atoms with van der Waals surface area (Å²) < 4.78 is 0. The molecule has 0 saturated carbocycles. The van der Waals surface area contributed by atoms with E-state index in [1.807, 2.05) is 11.7 Å². The Morgan fingerprint density at radius 2 is 2.42 bits per heavy atom. The summed E-state index contributed by atoms with van der Waals surface area (Å²) in [6.07, 6.45) is 3.05. The van der Waals surface area contributed by atoms with Crippen LogP contribution in [-0.4, -0.2) is 18.1 Å². The summed E-state index contributed by atoms with van der Waals surface area (Å²) in [5.41, 5.74) is 1.89. The molecule has 0 aliphatic heterocycles. The second kappa shape index (κ2) is 5.27. The highest BCUT2D eigenvalue weighted by molar-refractivity contribution is 7.09. The third kappa shape index (κ3) is 3.83. The van der Waals surface area contributed by atoms with Gasteiger partial charge in [-0.15, -0.1) is 11.3 Å². The normalized spacial score (nSPS) is 10.9. The van der Waals surface area contributed by atoms with E-state index in [9.17, 15) is 0 Å². The number of nitrogens with one attached hydrogen (secondary N) is 1. The molecular weight excluding hydrogens is 168 g/mol. The number of hydrogen-bond donors (Lipinski definition) is 1. The van der Waals surface area contributed by atoms with Gasteiger partial charge in [0, 0.05) is 17.6 Å². The summed E-state index contributed by atoms with van der Waals surface area (Å²) in [6, 6.07) is 0. The zero-order valence-electron chi connectivity index (χ0n) is 7.71. The van der Waals surface area contributed by atoms with Crippen molar-refractivity contribution in [3.05, 3.63) is 16.6 Å². The molecule has 0 aliphatic carbocycles. The van der Waals surface area contributed by atoms with Crippen LogP contribution >= 0.6 is 11.3 Å². The van der Waals surface area contributed by atoms with Gasteiger partial charge in [0.15, 0.2) is 0 Å². The summed E-state index contributed by atoms with van der Waals surface area (Å²) >= 11 is 1.73. The average Bonchev–Trinajstić information content (AvgIpc) is 2.49. The molecule has 0 atom stereocenters. The molecule has 0 radical (unpaired) electrons. The molecule has 1 aromatic heterocycles. The van der Waals surface area contributed by atoms with Gasteiger partial charge in [-0.3, -0.25) is 4.98 Å². The van der Waals surface area contributed by atoms with E-state index >= 15 is 0 Å². The number of thiazole rings is 1. The van der Waals surface area contributed by atoms with E-state index in [-0.39, 0.29) is 0 Å². The van der Waals surface area contributed by atoms with Gasteiger partial charge in [-0.05, 0) is 18.9 Å². The number of hydrogen-bond acceptors (Lipinski definition) is 3. The zero-order chi connectivity index (χ0) is 8.81. The largest absolute Gasteiger partial charge is 0.316 e. The van der Waals surface area contributed by atoms with Gasteiger partial charge in [0.2, 0.25) is 0 Å². The van der Waals surface area contributed by atoms with Crippen molar-refractivity contribution in [3.63, 3.8) is 0 Å². The summed E-state index contributed by atoms with van der Waals surface area (Å²) in [6.45, 7) is 6.62. The Labute approximate surface area is 78.0 Å². The summed E-state index contributed by atoms with van der Waals surface area (Å²) in [5, 5.41) is 3.40. The third-order valence-corrected chi connectivity index (χ3v) is 2.42. The fourth-order valence-corrected chi connectivity index (χ4v) is 1.57. The van der Waals surface area contributed by atoms with Gasteiger partial charge in [0.1, 0.15) is 0 Å². The molecule has 12 heavy (non-hydrogen) atoms. The Kier molecular flexibility index (Phi) is 4.25. The van der Waals surface area contributed by atoms with E-state index in [2.05, 4.69) is 24.1 Å². The molecule has 1 heterocycles. The van der Waals surface area contributed by atoms with E-state index in [1.54, 1.807) is 11.3 Å². The quantitative estimate of drug-likeness (QED) is 0.707. The van der Waals surface area contributed by atoms with Crippen molar-refractivity contribution in [1.82, 2.24) is 10.3 Å². The van der Waals surface area contributed by atoms with Gasteiger partial charge >= 0.3 is 0 Å². The molecule has 1 N–H and O–H groups in total. The first-order chi connectivity index (χ1) is 5.79. The van der Waals surface area contributed by atoms with Crippen molar-refractivity contribution in [3.8, 4) is 0 Å². The Bertz CT molecular complexity index is 194. The third-order valence-electron chi connectivity index (χ3n) is 1.58. The fraction of sp³-hybridized carbons (Fsp3) is 0.667. The molecule has 0 amide bonds. The topological polar surface area (TPSA) is 24.9 Å². The molecule has 0 fully saturated rings. The van der Waals surface area contributed by atoms with Crippen molar-refractivity contribution in [2.45, 2.75) is 20.3 Å². The van der Waals surface area contributed by atoms with E-state index in [0.717, 1.165) is 25.4 Å². The molecule has 1 aromatic rings. The van der Waals surface area contributed by atoms with Gasteiger partial charge in [-0.1, -0.05) is 13.8 Å². The minimum atomic E-state index is 0.742. The predicted octanol–water partition coefficient (Wildman–Crippen LogP) is 1.93. The van der Waals surface area contributed by atoms with Crippen LogP contribution in [0.15, 0.2) is 11.7 Å². The van der Waals surface area contributed by atoms with Gasteiger partial charge < -0.3 is 5.32 Å². The maximum atomic E-state index is 4.03. The van der Waals surface area contributed by atoms with Crippen molar-refractivity contribution in [1.29, 1.82) is 0 Å². The summed E-state index contributed by atoms with van der Waals surface area (Å²) in [5.74, 6) is 0.742. The molecule has 0 unspecified atom stereocenters. The highest BCUT2D eigenvalue weighted by Gasteiger charge is 1.95. The lowest BCUT2D eigenvalue weighted by molar-refractivity contribution is 0.555. The van der Waals surface area contributed by atoms with Gasteiger partial charge in [0.05, 0.1) is 5.51 Å². The Balaban J connectivity index is 2.04. The van der Waals surface area contributed by atoms with Crippen LogP contribution in [0.2, 0.25) is 0 Å². The first kappa shape index (κ1) is 9.68. The molecular formula is C9H16N2S. The first-order valence-electron chi connectivity index (χ1n) is 4.37. The van der Waals surface area contributed by atoms with Crippen LogP contribution in [0.3, 0.4) is 0 Å². The van der Waals surface area contributed by atoms with Gasteiger partial charge in [-0.2, -0.15) is 0 Å². The highest BCUT2D eigenvalue weighted by atomic mass is 32.1. The van der Waals surface area contributed by atoms with Crippen molar-refractivity contribution >= 4 is 11.3 Å². The maximum Gasteiger partial charge on any atom is 0.0794 e. The first-order valence-corrected chi connectivity index (χ1v) is 5.25. The van der Waals surface area contributed by atoms with E-state index in [1.165, 1.54) is 4.88 Å². The summed E-state index contributed by atoms with van der Waals surface area (Å²) in [7, 11) is 0. The zero-order valence-corrected chi connectivity index (χ0v) is 8.53. The Hall–Kier alpha value is -0.410. The van der Waals surface area contributed by atoms with Crippen LogP contribution in [0.4, 0.5) is 0 Å². The van der Waals surface area contributed by atoms with Crippen molar-refractivity contribution < 1.29 is 0 Å². The average molecular weight is 184 g/mol. The molecule has 0 aromatic carbocycles. The highest BCUT2D eigenvalue weighted by Crippen LogP contribution is 2.04. The molecule has 68 valence electrons. The Morgan fingerprint density at radius 1 is 1.58 bits per heavy atom. The second-order valence-corrected chi connectivity index (χ2v) is 4.29. The van der Waals surface area contributed by atoms with Crippen LogP contribution in [0.1, 0.15) is 18.7 Å². The molecule has 1 rings (SSSR count). The standard InChI is InChI=1S/C9H16N2S/c1-8(2)5-10-4-3-9-6-11-7-12-9/h6-8,10H,3-5H2,1-2H3. The lowest BCUT2D eigenvalue weighted by Gasteiger charge is -2.05. The summed E-state index contributed by atoms with van der Waals surface area (Å²) in [4.78, 5) is 5.39. The van der Waals surface area contributed by atoms with E-state index in [4.69, 9.17) is 0 Å². The molecule has 0 bridgehead atoms. The van der Waals surface area contributed by atoms with E-state index < -0.39 is 0 Å². The maximum absolute atomic E-state index is 4.03. The van der Waals surface area contributed by atoms with Crippen LogP contribution < -0.4 is 5.32 Å². The van der Waals surface area contributed by atoms with Gasteiger partial charge in [0.25, 0.3) is 0 Å². The lowest BCUT2D eigenvalue weighted by atomic mass is 10.2.